The smallest absolute Gasteiger partial charge is 0.229 e. The van der Waals surface area contributed by atoms with E-state index < -0.39 is 0 Å². The highest BCUT2D eigenvalue weighted by molar-refractivity contribution is 7.13. The second kappa shape index (κ2) is 5.72. The number of aryl methyl sites for hydroxylation is 2. The molecule has 0 saturated heterocycles. The summed E-state index contributed by atoms with van der Waals surface area (Å²) in [7, 11) is 0. The number of aromatic nitrogens is 5. The second-order valence-corrected chi connectivity index (χ2v) is 6.64. The summed E-state index contributed by atoms with van der Waals surface area (Å²) in [6, 6.07) is 10.5. The highest BCUT2D eigenvalue weighted by Crippen LogP contribution is 2.33. The Bertz CT molecular complexity index is 995. The third-order valence-electron chi connectivity index (χ3n) is 4.20. The third kappa shape index (κ3) is 2.35. The lowest BCUT2D eigenvalue weighted by atomic mass is 10.1. The highest BCUT2D eigenvalue weighted by atomic mass is 32.1. The first kappa shape index (κ1) is 14.8. The van der Waals surface area contributed by atoms with Crippen LogP contribution in [0.5, 0.6) is 0 Å². The SMILES string of the molecule is Cc1ccccc1-c1nc(-c2cc(C)n(-c3ncn[nH]3)c2C)cs1. The van der Waals surface area contributed by atoms with Crippen LogP contribution in [0.1, 0.15) is 17.0 Å². The number of rotatable bonds is 3. The Morgan fingerprint density at radius 3 is 2.67 bits per heavy atom. The Kier molecular flexibility index (Phi) is 3.54. The molecule has 0 atom stereocenters. The van der Waals surface area contributed by atoms with Gasteiger partial charge < -0.3 is 0 Å². The van der Waals surface area contributed by atoms with E-state index in [1.807, 2.05) is 0 Å². The molecule has 3 heterocycles. The predicted octanol–water partition coefficient (Wildman–Crippen LogP) is 4.31. The lowest BCUT2D eigenvalue weighted by molar-refractivity contribution is 0.879. The molecule has 0 spiro atoms. The molecule has 3 aromatic heterocycles. The fourth-order valence-corrected chi connectivity index (χ4v) is 3.90. The molecule has 0 fully saturated rings. The molecule has 24 heavy (non-hydrogen) atoms. The molecular formula is C18H17N5S. The molecule has 1 aromatic carbocycles. The van der Waals surface area contributed by atoms with Gasteiger partial charge in [-0.05, 0) is 32.4 Å². The van der Waals surface area contributed by atoms with Gasteiger partial charge in [-0.3, -0.25) is 4.57 Å². The van der Waals surface area contributed by atoms with Gasteiger partial charge in [-0.15, -0.1) is 11.3 Å². The number of hydrogen-bond donors (Lipinski definition) is 1. The minimum Gasteiger partial charge on any atom is -0.287 e. The van der Waals surface area contributed by atoms with Gasteiger partial charge >= 0.3 is 0 Å². The van der Waals surface area contributed by atoms with E-state index in [1.165, 1.54) is 17.5 Å². The first-order chi connectivity index (χ1) is 11.6. The number of nitrogens with one attached hydrogen (secondary N) is 1. The summed E-state index contributed by atoms with van der Waals surface area (Å²) in [5, 5.41) is 10.0. The van der Waals surface area contributed by atoms with Crippen LogP contribution in [0.15, 0.2) is 42.0 Å². The fourth-order valence-electron chi connectivity index (χ4n) is 2.99. The van der Waals surface area contributed by atoms with E-state index in [9.17, 15) is 0 Å². The fraction of sp³-hybridized carbons (Fsp3) is 0.167. The van der Waals surface area contributed by atoms with Gasteiger partial charge in [0.05, 0.1) is 5.69 Å². The van der Waals surface area contributed by atoms with E-state index in [0.717, 1.165) is 33.6 Å². The van der Waals surface area contributed by atoms with Crippen molar-refractivity contribution in [3.05, 3.63) is 59.0 Å². The molecule has 1 N–H and O–H groups in total. The van der Waals surface area contributed by atoms with Gasteiger partial charge in [0.25, 0.3) is 0 Å². The van der Waals surface area contributed by atoms with Gasteiger partial charge in [-0.25, -0.2) is 10.1 Å². The normalized spacial score (nSPS) is 11.1. The molecule has 0 saturated carbocycles. The monoisotopic (exact) mass is 335 g/mol. The predicted molar refractivity (Wildman–Crippen MR) is 96.5 cm³/mol. The maximum Gasteiger partial charge on any atom is 0.229 e. The Labute approximate surface area is 144 Å². The van der Waals surface area contributed by atoms with Crippen LogP contribution >= 0.6 is 11.3 Å². The molecule has 4 aromatic rings. The molecule has 6 heteroatoms. The summed E-state index contributed by atoms with van der Waals surface area (Å²) in [5.41, 5.74) is 6.76. The van der Waals surface area contributed by atoms with Crippen LogP contribution in [0.3, 0.4) is 0 Å². The Balaban J connectivity index is 1.79. The molecule has 0 bridgehead atoms. The van der Waals surface area contributed by atoms with Crippen LogP contribution in [0.25, 0.3) is 27.8 Å². The van der Waals surface area contributed by atoms with E-state index in [4.69, 9.17) is 4.98 Å². The molecule has 5 nitrogen and oxygen atoms in total. The molecule has 0 radical (unpaired) electrons. The van der Waals surface area contributed by atoms with Gasteiger partial charge in [0, 0.05) is 27.9 Å². The topological polar surface area (TPSA) is 59.4 Å². The molecule has 0 aliphatic heterocycles. The largest absolute Gasteiger partial charge is 0.287 e. The van der Waals surface area contributed by atoms with Gasteiger partial charge in [-0.1, -0.05) is 24.3 Å². The van der Waals surface area contributed by atoms with Crippen molar-refractivity contribution in [3.8, 4) is 27.8 Å². The van der Waals surface area contributed by atoms with Gasteiger partial charge in [0.15, 0.2) is 0 Å². The Hall–Kier alpha value is -2.73. The van der Waals surface area contributed by atoms with E-state index in [0.29, 0.717) is 0 Å². The molecular weight excluding hydrogens is 318 g/mol. The number of thiazole rings is 1. The van der Waals surface area contributed by atoms with Crippen LogP contribution in [0.4, 0.5) is 0 Å². The first-order valence-electron chi connectivity index (χ1n) is 7.71. The van der Waals surface area contributed by atoms with Crippen LogP contribution in [-0.4, -0.2) is 24.7 Å². The van der Waals surface area contributed by atoms with Crippen molar-refractivity contribution in [2.45, 2.75) is 20.8 Å². The van der Waals surface area contributed by atoms with E-state index in [2.05, 4.69) is 76.2 Å². The zero-order valence-electron chi connectivity index (χ0n) is 13.7. The first-order valence-corrected chi connectivity index (χ1v) is 8.59. The van der Waals surface area contributed by atoms with E-state index in [1.54, 1.807) is 11.3 Å². The highest BCUT2D eigenvalue weighted by Gasteiger charge is 2.16. The van der Waals surface area contributed by atoms with Gasteiger partial charge in [0.2, 0.25) is 5.95 Å². The quantitative estimate of drug-likeness (QED) is 0.607. The zero-order valence-corrected chi connectivity index (χ0v) is 14.6. The van der Waals surface area contributed by atoms with Crippen molar-refractivity contribution in [2.24, 2.45) is 0 Å². The van der Waals surface area contributed by atoms with Crippen molar-refractivity contribution in [3.63, 3.8) is 0 Å². The summed E-state index contributed by atoms with van der Waals surface area (Å²) in [6.45, 7) is 6.26. The van der Waals surface area contributed by atoms with Crippen molar-refractivity contribution in [1.29, 1.82) is 0 Å². The zero-order chi connectivity index (χ0) is 16.7. The minimum absolute atomic E-state index is 0.727. The molecule has 0 amide bonds. The number of aromatic amines is 1. The van der Waals surface area contributed by atoms with Crippen LogP contribution in [0, 0.1) is 20.8 Å². The van der Waals surface area contributed by atoms with Crippen LogP contribution in [-0.2, 0) is 0 Å². The van der Waals surface area contributed by atoms with Gasteiger partial charge in [0.1, 0.15) is 11.3 Å². The Morgan fingerprint density at radius 1 is 1.08 bits per heavy atom. The Morgan fingerprint density at radius 2 is 1.92 bits per heavy atom. The number of benzene rings is 1. The lowest BCUT2D eigenvalue weighted by Crippen LogP contribution is -2.01. The summed E-state index contributed by atoms with van der Waals surface area (Å²) in [5.74, 6) is 0.727. The number of nitrogens with zero attached hydrogens (tertiary/aromatic N) is 4. The summed E-state index contributed by atoms with van der Waals surface area (Å²) >= 11 is 1.68. The lowest BCUT2D eigenvalue weighted by Gasteiger charge is -2.04. The summed E-state index contributed by atoms with van der Waals surface area (Å²) in [6.07, 6.45) is 1.52. The van der Waals surface area contributed by atoms with Crippen molar-refractivity contribution < 1.29 is 0 Å². The van der Waals surface area contributed by atoms with E-state index >= 15 is 0 Å². The minimum atomic E-state index is 0.727. The third-order valence-corrected chi connectivity index (χ3v) is 5.08. The summed E-state index contributed by atoms with van der Waals surface area (Å²) < 4.78 is 2.06. The molecule has 120 valence electrons. The average molecular weight is 335 g/mol. The molecule has 0 aliphatic rings. The molecule has 0 aliphatic carbocycles. The van der Waals surface area contributed by atoms with Crippen molar-refractivity contribution in [2.75, 3.05) is 0 Å². The maximum atomic E-state index is 4.87. The maximum absolute atomic E-state index is 4.87. The van der Waals surface area contributed by atoms with Crippen molar-refractivity contribution in [1.82, 2.24) is 24.7 Å². The molecule has 4 rings (SSSR count). The van der Waals surface area contributed by atoms with Crippen LogP contribution in [0.2, 0.25) is 0 Å². The van der Waals surface area contributed by atoms with E-state index in [-0.39, 0.29) is 0 Å². The number of H-pyrrole nitrogens is 1. The standard InChI is InChI=1S/C18H17N5S/c1-11-6-4-5-7-14(11)17-21-16(9-24-17)15-8-12(2)23(13(15)3)18-19-10-20-22-18/h4-10H,1-3H3,(H,19,20,22). The molecule has 0 unspecified atom stereocenters. The van der Waals surface area contributed by atoms with Gasteiger partial charge in [-0.2, -0.15) is 10.1 Å². The number of hydrogen-bond acceptors (Lipinski definition) is 4. The van der Waals surface area contributed by atoms with Crippen LogP contribution < -0.4 is 0 Å². The van der Waals surface area contributed by atoms with Crippen molar-refractivity contribution >= 4 is 11.3 Å². The average Bonchev–Trinajstić information content (AvgIpc) is 3.28. The second-order valence-electron chi connectivity index (χ2n) is 5.78. The summed E-state index contributed by atoms with van der Waals surface area (Å²) in [4.78, 5) is 9.13.